The third-order valence-electron chi connectivity index (χ3n) is 8.12. The van der Waals surface area contributed by atoms with E-state index in [2.05, 4.69) is 39.1 Å². The molecular formula is C35H74O6S2. The Balaban J connectivity index is 0. The third-order valence-corrected chi connectivity index (χ3v) is 8.76. The zero-order valence-electron chi connectivity index (χ0n) is 29.8. The summed E-state index contributed by atoms with van der Waals surface area (Å²) in [5.41, 5.74) is 0. The molecule has 0 aromatic rings. The molecule has 2 atom stereocenters. The number of rotatable bonds is 31. The summed E-state index contributed by atoms with van der Waals surface area (Å²) < 4.78 is 34.6. The van der Waals surface area contributed by atoms with Crippen LogP contribution in [0.3, 0.4) is 0 Å². The Morgan fingerprint density at radius 2 is 0.721 bits per heavy atom. The third kappa shape index (κ3) is 21.1. The maximum Gasteiger partial charge on any atom is 0.285 e. The Kier molecular flexibility index (Phi) is 34.3. The summed E-state index contributed by atoms with van der Waals surface area (Å²) in [5, 5.41) is 0. The highest BCUT2D eigenvalue weighted by atomic mass is 32.1. The minimum absolute atomic E-state index is 0.265. The number of ether oxygens (including phenoxy) is 6. The molecule has 0 saturated carbocycles. The molecule has 0 heterocycles. The number of thiol groups is 2. The summed E-state index contributed by atoms with van der Waals surface area (Å²) in [6.07, 6.45) is 22.0. The van der Waals surface area contributed by atoms with Gasteiger partial charge < -0.3 is 28.4 Å². The predicted octanol–water partition coefficient (Wildman–Crippen LogP) is 10.5. The van der Waals surface area contributed by atoms with E-state index in [9.17, 15) is 0 Å². The fourth-order valence-electron chi connectivity index (χ4n) is 5.85. The van der Waals surface area contributed by atoms with Crippen LogP contribution in [0, 0.1) is 11.8 Å². The maximum absolute atomic E-state index is 6.00. The van der Waals surface area contributed by atoms with Crippen molar-refractivity contribution in [2.24, 2.45) is 11.8 Å². The Morgan fingerprint density at radius 3 is 1.02 bits per heavy atom. The first-order valence-electron chi connectivity index (χ1n) is 17.7. The van der Waals surface area contributed by atoms with Crippen LogP contribution in [0.5, 0.6) is 0 Å². The molecule has 262 valence electrons. The van der Waals surface area contributed by atoms with Gasteiger partial charge in [0.1, 0.15) is 0 Å². The number of hydrogen-bond acceptors (Lipinski definition) is 8. The molecule has 0 aromatic carbocycles. The highest BCUT2D eigenvalue weighted by molar-refractivity contribution is 7.80. The van der Waals surface area contributed by atoms with Crippen molar-refractivity contribution >= 4 is 25.3 Å². The van der Waals surface area contributed by atoms with Crippen LogP contribution in [0.15, 0.2) is 0 Å². The molecule has 43 heavy (non-hydrogen) atoms. The smallest absolute Gasteiger partial charge is 0.285 e. The van der Waals surface area contributed by atoms with E-state index in [4.69, 9.17) is 28.4 Å². The lowest BCUT2D eigenvalue weighted by Gasteiger charge is -2.39. The molecule has 6 nitrogen and oxygen atoms in total. The number of hydrogen-bond donors (Lipinski definition) is 2. The van der Waals surface area contributed by atoms with E-state index in [-0.39, 0.29) is 11.8 Å². The molecule has 0 amide bonds. The molecule has 8 heteroatoms. The van der Waals surface area contributed by atoms with E-state index in [1.54, 1.807) is 21.3 Å². The summed E-state index contributed by atoms with van der Waals surface area (Å²) in [6.45, 7) is 12.3. The highest BCUT2D eigenvalue weighted by Gasteiger charge is 2.41. The molecule has 0 aromatic heterocycles. The second kappa shape index (κ2) is 32.4. The highest BCUT2D eigenvalue weighted by Crippen LogP contribution is 2.34. The number of unbranched alkanes of at least 4 members (excludes halogenated alkanes) is 10. The van der Waals surface area contributed by atoms with Gasteiger partial charge >= 0.3 is 0 Å². The van der Waals surface area contributed by atoms with Gasteiger partial charge in [-0.15, -0.1) is 0 Å². The van der Waals surface area contributed by atoms with Crippen LogP contribution in [0.1, 0.15) is 150 Å². The zero-order valence-corrected chi connectivity index (χ0v) is 31.6. The van der Waals surface area contributed by atoms with Gasteiger partial charge in [0.05, 0.1) is 0 Å². The van der Waals surface area contributed by atoms with Gasteiger partial charge in [0.25, 0.3) is 11.9 Å². The molecule has 0 aliphatic rings. The van der Waals surface area contributed by atoms with Gasteiger partial charge in [-0.05, 0) is 70.8 Å². The lowest BCUT2D eigenvalue weighted by Crippen LogP contribution is -2.46. The molecule has 2 unspecified atom stereocenters. The average molecular weight is 655 g/mol. The molecule has 0 rings (SSSR count). The predicted molar refractivity (Wildman–Crippen MR) is 191 cm³/mol. The minimum Gasteiger partial charge on any atom is -0.331 e. The second-order valence-electron chi connectivity index (χ2n) is 11.4. The Bertz CT molecular complexity index is 525. The van der Waals surface area contributed by atoms with Crippen molar-refractivity contribution in [2.75, 3.05) is 52.7 Å². The van der Waals surface area contributed by atoms with Gasteiger partial charge in [0, 0.05) is 53.0 Å². The SMILES string of the molecule is CCCCCCCCC(CCCS)C(OC)(OC)OC.CCCCCCCCC(CCCS)C(OCC)(OCC)OCC. The molecule has 0 aliphatic heterocycles. The Labute approximate surface area is 279 Å². The Morgan fingerprint density at radius 1 is 0.419 bits per heavy atom. The van der Waals surface area contributed by atoms with Gasteiger partial charge in [0.15, 0.2) is 0 Å². The zero-order chi connectivity index (χ0) is 32.7. The van der Waals surface area contributed by atoms with Gasteiger partial charge in [-0.25, -0.2) is 0 Å². The first kappa shape index (κ1) is 45.6. The molecule has 0 saturated heterocycles. The molecule has 0 aliphatic carbocycles. The van der Waals surface area contributed by atoms with Gasteiger partial charge in [-0.3, -0.25) is 0 Å². The van der Waals surface area contributed by atoms with Crippen LogP contribution in [0.25, 0.3) is 0 Å². The standard InChI is InChI=1S/C19H40O3S.C16H34O3S/c1-5-9-10-11-12-13-15-18(16-14-17-23)19(20-6-2,21-7-3)22-8-4;1-5-6-7-8-9-10-12-15(13-11-14-20)16(17-2,18-3)19-4/h18,23H,5-17H2,1-4H3;15,20H,5-14H2,1-4H3. The van der Waals surface area contributed by atoms with E-state index in [0.717, 1.165) is 50.0 Å². The fourth-order valence-corrected chi connectivity index (χ4v) is 6.21. The molecule has 0 fully saturated rings. The van der Waals surface area contributed by atoms with Crippen molar-refractivity contribution in [1.29, 1.82) is 0 Å². The van der Waals surface area contributed by atoms with E-state index < -0.39 is 11.9 Å². The van der Waals surface area contributed by atoms with Crippen molar-refractivity contribution in [3.8, 4) is 0 Å². The van der Waals surface area contributed by atoms with Gasteiger partial charge in [-0.1, -0.05) is 90.9 Å². The van der Waals surface area contributed by atoms with Crippen molar-refractivity contribution in [1.82, 2.24) is 0 Å². The first-order chi connectivity index (χ1) is 20.9. The first-order valence-corrected chi connectivity index (χ1v) is 19.0. The summed E-state index contributed by atoms with van der Waals surface area (Å²) >= 11 is 8.68. The van der Waals surface area contributed by atoms with Crippen LogP contribution >= 0.6 is 25.3 Å². The molecule has 0 N–H and O–H groups in total. The van der Waals surface area contributed by atoms with Crippen molar-refractivity contribution in [2.45, 2.75) is 162 Å². The van der Waals surface area contributed by atoms with Crippen LogP contribution in [-0.4, -0.2) is 64.6 Å². The monoisotopic (exact) mass is 654 g/mol. The minimum atomic E-state index is -0.896. The largest absolute Gasteiger partial charge is 0.331 e. The summed E-state index contributed by atoms with van der Waals surface area (Å²) in [4.78, 5) is 0. The summed E-state index contributed by atoms with van der Waals surface area (Å²) in [7, 11) is 4.96. The van der Waals surface area contributed by atoms with Crippen LogP contribution in [0.4, 0.5) is 0 Å². The maximum atomic E-state index is 6.00. The van der Waals surface area contributed by atoms with E-state index in [1.165, 1.54) is 77.0 Å². The van der Waals surface area contributed by atoms with Gasteiger partial charge in [0.2, 0.25) is 0 Å². The average Bonchev–Trinajstić information content (AvgIpc) is 3.02. The topological polar surface area (TPSA) is 55.4 Å². The van der Waals surface area contributed by atoms with Crippen molar-refractivity contribution < 1.29 is 28.4 Å². The summed E-state index contributed by atoms with van der Waals surface area (Å²) in [6, 6.07) is 0. The van der Waals surface area contributed by atoms with E-state index in [1.807, 2.05) is 20.8 Å². The molecule has 0 spiro atoms. The Hall–Kier alpha value is 0.460. The number of methoxy groups -OCH3 is 3. The van der Waals surface area contributed by atoms with Crippen LogP contribution in [-0.2, 0) is 28.4 Å². The lowest BCUT2D eigenvalue weighted by atomic mass is 9.93. The quantitative estimate of drug-likeness (QED) is 0.0441. The normalized spacial score (nSPS) is 13.5. The molecule has 0 bridgehead atoms. The van der Waals surface area contributed by atoms with Crippen molar-refractivity contribution in [3.05, 3.63) is 0 Å². The van der Waals surface area contributed by atoms with Crippen LogP contribution < -0.4 is 0 Å². The van der Waals surface area contributed by atoms with E-state index >= 15 is 0 Å². The van der Waals surface area contributed by atoms with Crippen LogP contribution in [0.2, 0.25) is 0 Å². The van der Waals surface area contributed by atoms with Crippen molar-refractivity contribution in [3.63, 3.8) is 0 Å². The van der Waals surface area contributed by atoms with E-state index in [0.29, 0.717) is 19.8 Å². The molecule has 0 radical (unpaired) electrons. The fraction of sp³-hybridized carbons (Fsp3) is 1.00. The lowest BCUT2D eigenvalue weighted by molar-refractivity contribution is -0.403. The second-order valence-corrected chi connectivity index (χ2v) is 12.3. The summed E-state index contributed by atoms with van der Waals surface area (Å²) in [5.74, 6) is 0.562. The molecular weight excluding hydrogens is 581 g/mol. The van der Waals surface area contributed by atoms with Gasteiger partial charge in [-0.2, -0.15) is 25.3 Å².